The molecule has 6 nitrogen and oxygen atoms in total. The van der Waals surface area contributed by atoms with Crippen LogP contribution < -0.4 is 10.5 Å². The minimum Gasteiger partial charge on any atom is -0.491 e. The van der Waals surface area contributed by atoms with Crippen molar-refractivity contribution in [2.45, 2.75) is 26.0 Å². The molecular formula is C19H19FN2O4. The van der Waals surface area contributed by atoms with Crippen molar-refractivity contribution in [3.8, 4) is 17.2 Å². The smallest absolute Gasteiger partial charge is 0.437 e. The lowest BCUT2D eigenvalue weighted by atomic mass is 10.2. The maximum Gasteiger partial charge on any atom is 0.437 e. The lowest BCUT2D eigenvalue weighted by Gasteiger charge is -2.11. The number of aliphatic hydroxyl groups excluding tert-OH is 1. The van der Waals surface area contributed by atoms with E-state index in [1.165, 1.54) is 29.8 Å². The van der Waals surface area contributed by atoms with E-state index >= 15 is 0 Å². The van der Waals surface area contributed by atoms with Gasteiger partial charge < -0.3 is 14.3 Å². The van der Waals surface area contributed by atoms with Crippen molar-refractivity contribution in [3.05, 3.63) is 70.5 Å². The second-order valence-corrected chi connectivity index (χ2v) is 5.82. The zero-order valence-electron chi connectivity index (χ0n) is 14.3. The number of halogens is 1. The quantitative estimate of drug-likeness (QED) is 0.703. The molecule has 0 radical (unpaired) electrons. The van der Waals surface area contributed by atoms with Crippen LogP contribution in [0.25, 0.3) is 11.5 Å². The summed E-state index contributed by atoms with van der Waals surface area (Å²) in [7, 11) is 0. The van der Waals surface area contributed by atoms with Crippen molar-refractivity contribution in [1.29, 1.82) is 0 Å². The Balaban J connectivity index is 1.61. The van der Waals surface area contributed by atoms with Gasteiger partial charge in [0.2, 0.25) is 5.89 Å². The molecule has 26 heavy (non-hydrogen) atoms. The Morgan fingerprint density at radius 3 is 2.54 bits per heavy atom. The Kier molecular flexibility index (Phi) is 5.48. The average Bonchev–Trinajstić information content (AvgIpc) is 3.01. The number of rotatable bonds is 7. The van der Waals surface area contributed by atoms with Crippen LogP contribution in [0.1, 0.15) is 12.5 Å². The average molecular weight is 358 g/mol. The number of ether oxygens (including phenoxy) is 1. The van der Waals surface area contributed by atoms with Gasteiger partial charge in [0.25, 0.3) is 0 Å². The Bertz CT molecular complexity index is 901. The zero-order chi connectivity index (χ0) is 18.5. The predicted molar refractivity (Wildman–Crippen MR) is 93.5 cm³/mol. The van der Waals surface area contributed by atoms with E-state index in [9.17, 15) is 14.3 Å². The van der Waals surface area contributed by atoms with Crippen molar-refractivity contribution in [3.63, 3.8) is 0 Å². The van der Waals surface area contributed by atoms with E-state index in [1.807, 2.05) is 24.3 Å². The van der Waals surface area contributed by atoms with Gasteiger partial charge in [0.15, 0.2) is 0 Å². The fraction of sp³-hybridized carbons (Fsp3) is 0.263. The van der Waals surface area contributed by atoms with Crippen molar-refractivity contribution in [1.82, 2.24) is 9.78 Å². The van der Waals surface area contributed by atoms with Gasteiger partial charge in [-0.2, -0.15) is 4.68 Å². The molecule has 3 aromatic rings. The van der Waals surface area contributed by atoms with Gasteiger partial charge >= 0.3 is 5.76 Å². The molecule has 7 heteroatoms. The summed E-state index contributed by atoms with van der Waals surface area (Å²) in [5, 5.41) is 14.1. The second kappa shape index (κ2) is 7.97. The van der Waals surface area contributed by atoms with Crippen molar-refractivity contribution < 1.29 is 18.7 Å². The highest BCUT2D eigenvalue weighted by Gasteiger charge is 2.14. The molecule has 0 amide bonds. The number of nitrogens with zero attached hydrogens (tertiary/aromatic N) is 2. The summed E-state index contributed by atoms with van der Waals surface area (Å²) in [6.45, 7) is 2.00. The van der Waals surface area contributed by atoms with Crippen LogP contribution in [0.15, 0.2) is 57.7 Å². The van der Waals surface area contributed by atoms with E-state index < -0.39 is 17.7 Å². The summed E-state index contributed by atoms with van der Waals surface area (Å²) in [6, 6.07) is 13.0. The maximum atomic E-state index is 13.0. The molecule has 0 fully saturated rings. The Morgan fingerprint density at radius 1 is 1.19 bits per heavy atom. The first-order valence-corrected chi connectivity index (χ1v) is 8.29. The third-order valence-corrected chi connectivity index (χ3v) is 3.86. The molecule has 1 aromatic heterocycles. The largest absolute Gasteiger partial charge is 0.491 e. The number of hydrogen-bond donors (Lipinski definition) is 1. The standard InChI is InChI=1S/C19H19FN2O4/c1-2-13-3-9-17(10-4-13)25-12-16(23)11-22-19(24)26-18(21-22)14-5-7-15(20)8-6-14/h3-10,16,23H,2,11-12H2,1H3/t16-/m0/s1. The van der Waals surface area contributed by atoms with Gasteiger partial charge in [0.1, 0.15) is 24.3 Å². The van der Waals surface area contributed by atoms with Crippen LogP contribution in [-0.2, 0) is 13.0 Å². The number of aliphatic hydroxyl groups is 1. The van der Waals surface area contributed by atoms with Gasteiger partial charge in [-0.3, -0.25) is 0 Å². The Morgan fingerprint density at radius 2 is 1.88 bits per heavy atom. The molecule has 0 aliphatic carbocycles. The Labute approximate surface area is 149 Å². The van der Waals surface area contributed by atoms with Gasteiger partial charge in [-0.15, -0.1) is 5.10 Å². The fourth-order valence-corrected chi connectivity index (χ4v) is 2.40. The fourth-order valence-electron chi connectivity index (χ4n) is 2.40. The number of aromatic nitrogens is 2. The van der Waals surface area contributed by atoms with Crippen molar-refractivity contribution in [2.24, 2.45) is 0 Å². The molecule has 0 saturated carbocycles. The van der Waals surface area contributed by atoms with Crippen molar-refractivity contribution >= 4 is 0 Å². The summed E-state index contributed by atoms with van der Waals surface area (Å²) in [5.74, 6) is -0.384. The minimum absolute atomic E-state index is 0.0106. The van der Waals surface area contributed by atoms with Crippen LogP contribution in [0.2, 0.25) is 0 Å². The Hall–Kier alpha value is -2.93. The van der Waals surface area contributed by atoms with E-state index in [1.54, 1.807) is 0 Å². The summed E-state index contributed by atoms with van der Waals surface area (Å²) in [4.78, 5) is 11.9. The molecule has 136 valence electrons. The lowest BCUT2D eigenvalue weighted by molar-refractivity contribution is 0.0875. The normalized spacial score (nSPS) is 12.1. The van der Waals surface area contributed by atoms with Crippen LogP contribution in [-0.4, -0.2) is 27.6 Å². The van der Waals surface area contributed by atoms with Gasteiger partial charge in [-0.05, 0) is 48.4 Å². The maximum absolute atomic E-state index is 13.0. The molecule has 3 rings (SSSR count). The van der Waals surface area contributed by atoms with Gasteiger partial charge in [0.05, 0.1) is 6.54 Å². The first-order valence-electron chi connectivity index (χ1n) is 8.29. The van der Waals surface area contributed by atoms with Crippen LogP contribution in [0, 0.1) is 5.82 Å². The summed E-state index contributed by atoms with van der Waals surface area (Å²) in [5.41, 5.74) is 1.67. The lowest BCUT2D eigenvalue weighted by Crippen LogP contribution is -2.29. The molecule has 0 saturated heterocycles. The topological polar surface area (TPSA) is 77.5 Å². The summed E-state index contributed by atoms with van der Waals surface area (Å²) < 4.78 is 24.6. The first kappa shape index (κ1) is 17.9. The van der Waals surface area contributed by atoms with Crippen LogP contribution in [0.5, 0.6) is 5.75 Å². The highest BCUT2D eigenvalue weighted by Crippen LogP contribution is 2.16. The molecular weight excluding hydrogens is 339 g/mol. The third kappa shape index (κ3) is 4.37. The molecule has 0 unspecified atom stereocenters. The first-order chi connectivity index (χ1) is 12.5. The van der Waals surface area contributed by atoms with Gasteiger partial charge in [0, 0.05) is 5.56 Å². The highest BCUT2D eigenvalue weighted by atomic mass is 19.1. The van der Waals surface area contributed by atoms with Crippen LogP contribution in [0.4, 0.5) is 4.39 Å². The van der Waals surface area contributed by atoms with E-state index in [2.05, 4.69) is 12.0 Å². The second-order valence-electron chi connectivity index (χ2n) is 5.82. The zero-order valence-corrected chi connectivity index (χ0v) is 14.3. The van der Waals surface area contributed by atoms with Gasteiger partial charge in [-0.1, -0.05) is 19.1 Å². The molecule has 2 aromatic carbocycles. The van der Waals surface area contributed by atoms with E-state index in [-0.39, 0.29) is 19.0 Å². The van der Waals surface area contributed by atoms with Gasteiger partial charge in [-0.25, -0.2) is 9.18 Å². The van der Waals surface area contributed by atoms with E-state index in [4.69, 9.17) is 9.15 Å². The molecule has 0 bridgehead atoms. The third-order valence-electron chi connectivity index (χ3n) is 3.86. The highest BCUT2D eigenvalue weighted by molar-refractivity contribution is 5.51. The molecule has 1 heterocycles. The predicted octanol–water partition coefficient (Wildman–Crippen LogP) is 2.64. The minimum atomic E-state index is -0.940. The van der Waals surface area contributed by atoms with Crippen molar-refractivity contribution in [2.75, 3.05) is 6.61 Å². The van der Waals surface area contributed by atoms with E-state index in [0.717, 1.165) is 11.1 Å². The monoisotopic (exact) mass is 358 g/mol. The SMILES string of the molecule is CCc1ccc(OC[C@@H](O)Cn2nc(-c3ccc(F)cc3)oc2=O)cc1. The van der Waals surface area contributed by atoms with Crippen LogP contribution in [0.3, 0.4) is 0 Å². The molecule has 0 aliphatic rings. The molecule has 0 spiro atoms. The molecule has 1 N–H and O–H groups in total. The molecule has 0 aliphatic heterocycles. The summed E-state index contributed by atoms with van der Waals surface area (Å²) in [6.07, 6.45) is -0.00122. The number of aryl methyl sites for hydroxylation is 1. The number of hydrogen-bond acceptors (Lipinski definition) is 5. The van der Waals surface area contributed by atoms with Crippen LogP contribution >= 0.6 is 0 Å². The number of benzene rings is 2. The summed E-state index contributed by atoms with van der Waals surface area (Å²) >= 11 is 0. The van der Waals surface area contributed by atoms with E-state index in [0.29, 0.717) is 11.3 Å². The molecule has 1 atom stereocenters.